The van der Waals surface area contributed by atoms with E-state index in [1.54, 1.807) is 45.5 Å². The molecule has 0 unspecified atom stereocenters. The number of aromatic amines is 1. The van der Waals surface area contributed by atoms with Crippen molar-refractivity contribution in [2.24, 2.45) is 0 Å². The van der Waals surface area contributed by atoms with Crippen LogP contribution in [0.1, 0.15) is 37.0 Å². The SMILES string of the molecule is C=C(/C=c1/[nH]cc(C(=O)CNc2cc(-c3nc(C)no3)c(Br)cc2OC)/c1=C/C)OC.CBr.CC. The summed E-state index contributed by atoms with van der Waals surface area (Å²) in [6.45, 7) is 11.5. The number of carbonyl (C=O) groups excluding carboxylic acids is 1. The molecule has 10 heteroatoms. The van der Waals surface area contributed by atoms with Gasteiger partial charge in [-0.3, -0.25) is 4.79 Å². The molecule has 3 rings (SSSR count). The van der Waals surface area contributed by atoms with Gasteiger partial charge in [0.15, 0.2) is 11.6 Å². The number of H-pyrrole nitrogens is 1. The van der Waals surface area contributed by atoms with E-state index < -0.39 is 0 Å². The maximum atomic E-state index is 12.9. The molecule has 0 fully saturated rings. The van der Waals surface area contributed by atoms with Crippen molar-refractivity contribution in [1.29, 1.82) is 0 Å². The second kappa shape index (κ2) is 15.2. The van der Waals surface area contributed by atoms with Gasteiger partial charge in [0, 0.05) is 32.9 Å². The lowest BCUT2D eigenvalue weighted by Gasteiger charge is -2.13. The number of alkyl halides is 1. The summed E-state index contributed by atoms with van der Waals surface area (Å²) in [6, 6.07) is 3.58. The zero-order chi connectivity index (χ0) is 26.5. The fourth-order valence-corrected chi connectivity index (χ4v) is 3.53. The number of carbonyl (C=O) groups is 1. The van der Waals surface area contributed by atoms with Crippen molar-refractivity contribution in [2.45, 2.75) is 27.7 Å². The Balaban J connectivity index is 0.00000145. The average molecular weight is 612 g/mol. The third-order valence-electron chi connectivity index (χ3n) is 4.60. The molecule has 0 spiro atoms. The van der Waals surface area contributed by atoms with E-state index in [2.05, 4.69) is 58.9 Å². The maximum Gasteiger partial charge on any atom is 0.259 e. The van der Waals surface area contributed by atoms with Crippen LogP contribution >= 0.6 is 31.9 Å². The van der Waals surface area contributed by atoms with Crippen LogP contribution in [0.5, 0.6) is 5.75 Å². The minimum Gasteiger partial charge on any atom is -0.497 e. The van der Waals surface area contributed by atoms with Crippen molar-refractivity contribution in [3.05, 3.63) is 57.1 Å². The highest BCUT2D eigenvalue weighted by Crippen LogP contribution is 2.36. The Labute approximate surface area is 222 Å². The number of methoxy groups -OCH3 is 2. The molecule has 2 aromatic heterocycles. The number of halogens is 2. The molecular weight excluding hydrogens is 580 g/mol. The molecule has 0 atom stereocenters. The number of hydrogen-bond acceptors (Lipinski definition) is 7. The van der Waals surface area contributed by atoms with E-state index in [0.29, 0.717) is 40.0 Å². The Hall–Kier alpha value is -2.85. The summed E-state index contributed by atoms with van der Waals surface area (Å²) in [6.07, 6.45) is 5.30. The molecular formula is C25H32Br2N4O4. The number of ketones is 1. The first kappa shape index (κ1) is 30.2. The molecule has 1 aromatic carbocycles. The van der Waals surface area contributed by atoms with Gasteiger partial charge in [0.25, 0.3) is 5.89 Å². The molecule has 0 bridgehead atoms. The predicted molar refractivity (Wildman–Crippen MR) is 149 cm³/mol. The van der Waals surface area contributed by atoms with Gasteiger partial charge in [-0.1, -0.05) is 47.6 Å². The van der Waals surface area contributed by atoms with Crippen LogP contribution in [0.15, 0.2) is 39.7 Å². The largest absolute Gasteiger partial charge is 0.497 e. The van der Waals surface area contributed by atoms with E-state index in [0.717, 1.165) is 15.0 Å². The fourth-order valence-electron chi connectivity index (χ4n) is 3.03. The molecule has 35 heavy (non-hydrogen) atoms. The number of allylic oxidation sites excluding steroid dienone is 1. The van der Waals surface area contributed by atoms with Gasteiger partial charge in [-0.05, 0) is 47.7 Å². The number of Topliss-reactive ketones (excluding diaryl/α,β-unsaturated/α-hetero) is 1. The molecule has 0 aliphatic carbocycles. The molecule has 3 aromatic rings. The standard InChI is InChI=1S/C22H23BrN4O4.C2H6.CH3Br/c1-6-14-16(10-24-18(14)7-12(2)29-4)20(28)11-25-19-8-15(17(23)9-21(19)30-5)22-26-13(3)27-31-22;2*1-2/h6-10,24-25H,2,11H2,1,3-5H3;1-2H3;1H3/b14-6-,18-7+;;. The van der Waals surface area contributed by atoms with Crippen LogP contribution in [0.25, 0.3) is 23.6 Å². The lowest BCUT2D eigenvalue weighted by atomic mass is 10.1. The summed E-state index contributed by atoms with van der Waals surface area (Å²) >= 11 is 6.44. The molecule has 0 amide bonds. The second-order valence-corrected chi connectivity index (χ2v) is 7.44. The Morgan fingerprint density at radius 1 is 1.29 bits per heavy atom. The highest BCUT2D eigenvalue weighted by molar-refractivity contribution is 9.10. The topological polar surface area (TPSA) is 102 Å². The molecule has 2 N–H and O–H groups in total. The van der Waals surface area contributed by atoms with Crippen LogP contribution in [0, 0.1) is 6.92 Å². The van der Waals surface area contributed by atoms with Crippen LogP contribution in [0.3, 0.4) is 0 Å². The van der Waals surface area contributed by atoms with Gasteiger partial charge in [0.05, 0.1) is 32.0 Å². The normalized spacial score (nSPS) is 11.1. The Kier molecular flexibility index (Phi) is 13.1. The van der Waals surface area contributed by atoms with Crippen LogP contribution in [-0.2, 0) is 4.74 Å². The number of aryl methyl sites for hydroxylation is 1. The van der Waals surface area contributed by atoms with E-state index in [1.807, 2.05) is 32.7 Å². The summed E-state index contributed by atoms with van der Waals surface area (Å²) in [7, 11) is 3.11. The number of ether oxygens (including phenoxy) is 2. The predicted octanol–water partition coefficient (Wildman–Crippen LogP) is 5.22. The van der Waals surface area contributed by atoms with E-state index in [1.165, 1.54) is 0 Å². The Bertz CT molecular complexity index is 1250. The Morgan fingerprint density at radius 2 is 1.97 bits per heavy atom. The number of nitrogens with one attached hydrogen (secondary N) is 2. The lowest BCUT2D eigenvalue weighted by Crippen LogP contribution is -2.29. The van der Waals surface area contributed by atoms with E-state index in [-0.39, 0.29) is 12.3 Å². The summed E-state index contributed by atoms with van der Waals surface area (Å²) in [5, 5.41) is 8.53. The van der Waals surface area contributed by atoms with E-state index in [4.69, 9.17) is 14.0 Å². The summed E-state index contributed by atoms with van der Waals surface area (Å²) in [5.74, 6) is 3.68. The number of nitrogens with zero attached hydrogens (tertiary/aromatic N) is 2. The minimum absolute atomic E-state index is 0.0592. The van der Waals surface area contributed by atoms with Crippen LogP contribution < -0.4 is 20.6 Å². The van der Waals surface area contributed by atoms with Crippen LogP contribution in [-0.4, -0.2) is 47.5 Å². The first-order chi connectivity index (χ1) is 16.9. The van der Waals surface area contributed by atoms with Gasteiger partial charge in [0.2, 0.25) is 0 Å². The van der Waals surface area contributed by atoms with Gasteiger partial charge in [-0.2, -0.15) is 4.98 Å². The molecule has 8 nitrogen and oxygen atoms in total. The number of hydrogen-bond donors (Lipinski definition) is 2. The molecule has 0 saturated heterocycles. The molecule has 2 heterocycles. The van der Waals surface area contributed by atoms with E-state index >= 15 is 0 Å². The monoisotopic (exact) mass is 610 g/mol. The lowest BCUT2D eigenvalue weighted by molar-refractivity contribution is 0.101. The number of benzene rings is 1. The van der Waals surface area contributed by atoms with Gasteiger partial charge < -0.3 is 24.3 Å². The van der Waals surface area contributed by atoms with Crippen molar-refractivity contribution >= 4 is 55.5 Å². The van der Waals surface area contributed by atoms with Gasteiger partial charge in [0.1, 0.15) is 11.5 Å². The molecule has 0 aliphatic heterocycles. The minimum atomic E-state index is -0.0906. The summed E-state index contributed by atoms with van der Waals surface area (Å²) < 4.78 is 16.6. The van der Waals surface area contributed by atoms with Crippen molar-refractivity contribution in [2.75, 3.05) is 31.9 Å². The smallest absolute Gasteiger partial charge is 0.259 e. The zero-order valence-electron chi connectivity index (χ0n) is 21.1. The maximum absolute atomic E-state index is 12.9. The van der Waals surface area contributed by atoms with Gasteiger partial charge >= 0.3 is 0 Å². The zero-order valence-corrected chi connectivity index (χ0v) is 24.3. The third-order valence-corrected chi connectivity index (χ3v) is 5.25. The van der Waals surface area contributed by atoms with E-state index in [9.17, 15) is 4.79 Å². The van der Waals surface area contributed by atoms with Crippen LogP contribution in [0.2, 0.25) is 0 Å². The molecule has 0 saturated carbocycles. The van der Waals surface area contributed by atoms with Crippen molar-refractivity contribution < 1.29 is 18.8 Å². The van der Waals surface area contributed by atoms with Gasteiger partial charge in [-0.25, -0.2) is 0 Å². The Morgan fingerprint density at radius 3 is 2.51 bits per heavy atom. The molecule has 190 valence electrons. The summed E-state index contributed by atoms with van der Waals surface area (Å²) in [4.78, 5) is 20.3. The number of anilines is 1. The van der Waals surface area contributed by atoms with Crippen molar-refractivity contribution in [3.8, 4) is 17.2 Å². The summed E-state index contributed by atoms with van der Waals surface area (Å²) in [5.41, 5.74) is 1.88. The first-order valence-corrected chi connectivity index (χ1v) is 13.2. The second-order valence-electron chi connectivity index (χ2n) is 6.59. The van der Waals surface area contributed by atoms with Crippen molar-refractivity contribution in [3.63, 3.8) is 0 Å². The van der Waals surface area contributed by atoms with Crippen LogP contribution in [0.4, 0.5) is 5.69 Å². The first-order valence-electron chi connectivity index (χ1n) is 10.8. The fraction of sp³-hybridized carbons (Fsp3) is 0.320. The van der Waals surface area contributed by atoms with Gasteiger partial charge in [-0.15, -0.1) is 0 Å². The van der Waals surface area contributed by atoms with Crippen molar-refractivity contribution in [1.82, 2.24) is 15.1 Å². The quantitative estimate of drug-likeness (QED) is 0.205. The molecule has 0 aliphatic rings. The highest BCUT2D eigenvalue weighted by atomic mass is 79.9. The average Bonchev–Trinajstić information content (AvgIpc) is 3.50. The highest BCUT2D eigenvalue weighted by Gasteiger charge is 2.17. The number of aromatic nitrogens is 3. The third kappa shape index (κ3) is 7.83. The number of rotatable bonds is 8. The molecule has 0 radical (unpaired) electrons.